The number of rotatable bonds is 4. The summed E-state index contributed by atoms with van der Waals surface area (Å²) in [5.74, 6) is 0. The van der Waals surface area contributed by atoms with E-state index in [1.807, 2.05) is 0 Å². The molecule has 8 nitrogen and oxygen atoms in total. The van der Waals surface area contributed by atoms with E-state index in [0.29, 0.717) is 6.92 Å². The Bertz CT molecular complexity index is 287. The highest BCUT2D eigenvalue weighted by molar-refractivity contribution is 7.60. The average Bonchev–Trinajstić information content (AvgIpc) is 2.01. The minimum absolute atomic E-state index is 0.495. The molecular formula is C3H6NO7P3. The van der Waals surface area contributed by atoms with E-state index in [1.165, 1.54) is 0 Å². The monoisotopic (exact) mass is 261 g/mol. The normalized spacial score (nSPS) is 23.1. The molecule has 0 bridgehead atoms. The quantitative estimate of drug-likeness (QED) is 0.528. The summed E-state index contributed by atoms with van der Waals surface area (Å²) < 4.78 is 31.5. The molecule has 0 aromatic rings. The van der Waals surface area contributed by atoms with Gasteiger partial charge in [0.15, 0.2) is 0 Å². The Hall–Kier alpha value is 0.1000. The topological polar surface area (TPSA) is 167 Å². The van der Waals surface area contributed by atoms with Crippen LogP contribution in [0.4, 0.5) is 0 Å². The molecular weight excluding hydrogens is 255 g/mol. The van der Waals surface area contributed by atoms with E-state index in [1.54, 1.807) is 0 Å². The lowest BCUT2D eigenvalue weighted by Crippen LogP contribution is -2.55. The van der Waals surface area contributed by atoms with Crippen LogP contribution >= 0.6 is 24.1 Å². The largest absolute Gasteiger partial charge is 0.593 e. The molecule has 3 N–H and O–H groups in total. The summed E-state index contributed by atoms with van der Waals surface area (Å²) in [6.45, 7) is 0.495. The summed E-state index contributed by atoms with van der Waals surface area (Å²) in [6.07, 6.45) is 0. The fraction of sp³-hybridized carbons (Fsp3) is 1.00. The van der Waals surface area contributed by atoms with Crippen molar-refractivity contribution in [2.24, 2.45) is 5.73 Å². The first kappa shape index (κ1) is 14.1. The standard InChI is InChI=1S/C3H6NO7P3/c1-2(5,12(6)7)3(4,13(8)9)14(10)11/h5H,4H2,1H3. The zero-order valence-corrected chi connectivity index (χ0v) is 9.50. The summed E-state index contributed by atoms with van der Waals surface area (Å²) >= 11 is 0. The van der Waals surface area contributed by atoms with Crippen LogP contribution < -0.4 is 20.4 Å². The van der Waals surface area contributed by atoms with Gasteiger partial charge in [-0.25, -0.2) is 5.73 Å². The Morgan fingerprint density at radius 3 is 1.43 bits per heavy atom. The zero-order valence-electron chi connectivity index (χ0n) is 6.82. The molecule has 14 heavy (non-hydrogen) atoms. The summed E-state index contributed by atoms with van der Waals surface area (Å²) in [5.41, 5.74) is 4.84. The second-order valence-electron chi connectivity index (χ2n) is 2.52. The van der Waals surface area contributed by atoms with Gasteiger partial charge in [0, 0.05) is 6.92 Å². The summed E-state index contributed by atoms with van der Waals surface area (Å²) in [5, 5.41) is 2.88. The minimum atomic E-state index is -3.86. The molecule has 0 saturated heterocycles. The van der Waals surface area contributed by atoms with Crippen LogP contribution in [0.5, 0.6) is 0 Å². The van der Waals surface area contributed by atoms with Crippen LogP contribution in [0.15, 0.2) is 0 Å². The van der Waals surface area contributed by atoms with Crippen LogP contribution in [0.2, 0.25) is 0 Å². The molecule has 0 aromatic carbocycles. The van der Waals surface area contributed by atoms with Gasteiger partial charge in [0.1, 0.15) is 0 Å². The van der Waals surface area contributed by atoms with Crippen LogP contribution in [-0.2, 0) is 13.7 Å². The third-order valence-corrected chi connectivity index (χ3v) is 5.99. The van der Waals surface area contributed by atoms with Crippen molar-refractivity contribution in [3.8, 4) is 0 Å². The lowest BCUT2D eigenvalue weighted by atomic mass is 10.4. The van der Waals surface area contributed by atoms with E-state index in [2.05, 4.69) is 0 Å². The molecule has 0 heterocycles. The predicted octanol–water partition coefficient (Wildman–Crippen LogP) is -2.38. The first-order chi connectivity index (χ1) is 6.08. The Labute approximate surface area is 81.4 Å². The fourth-order valence-electron chi connectivity index (χ4n) is 0.547. The Kier molecular flexibility index (Phi) is 4.34. The van der Waals surface area contributed by atoms with E-state index in [4.69, 9.17) is 10.8 Å². The lowest BCUT2D eigenvalue weighted by molar-refractivity contribution is -0.196. The fourth-order valence-corrected chi connectivity index (χ4v) is 3.02. The minimum Gasteiger partial charge on any atom is -0.593 e. The summed E-state index contributed by atoms with van der Waals surface area (Å²) in [4.78, 5) is 31.5. The SMILES string of the molecule is CC(O)([P+](=O)[O-])C(N)([P+](=O)[O-])[P+](=O)[O-]. The van der Waals surface area contributed by atoms with Crippen LogP contribution in [-0.4, -0.2) is 15.5 Å². The molecule has 0 radical (unpaired) electrons. The van der Waals surface area contributed by atoms with Gasteiger partial charge in [-0.15, -0.1) is 0 Å². The molecule has 4 unspecified atom stereocenters. The van der Waals surface area contributed by atoms with Crippen molar-refractivity contribution in [2.45, 2.75) is 17.3 Å². The highest BCUT2D eigenvalue weighted by atomic mass is 31.2. The molecule has 0 amide bonds. The Morgan fingerprint density at radius 2 is 1.36 bits per heavy atom. The molecule has 0 aliphatic carbocycles. The number of aliphatic hydroxyl groups is 1. The Balaban J connectivity index is 5.55. The molecule has 80 valence electrons. The molecule has 0 rings (SSSR count). The Morgan fingerprint density at radius 1 is 1.07 bits per heavy atom. The van der Waals surface area contributed by atoms with Gasteiger partial charge < -0.3 is 19.8 Å². The average molecular weight is 261 g/mol. The van der Waals surface area contributed by atoms with Crippen molar-refractivity contribution in [1.29, 1.82) is 0 Å². The van der Waals surface area contributed by atoms with Crippen molar-refractivity contribution >= 4 is 24.1 Å². The van der Waals surface area contributed by atoms with Crippen molar-refractivity contribution in [1.82, 2.24) is 0 Å². The predicted molar refractivity (Wildman–Crippen MR) is 40.4 cm³/mol. The molecule has 0 aromatic heterocycles. The summed E-state index contributed by atoms with van der Waals surface area (Å²) in [7, 11) is -11.4. The van der Waals surface area contributed by atoms with Gasteiger partial charge in [-0.1, -0.05) is 13.7 Å². The van der Waals surface area contributed by atoms with Crippen LogP contribution in [0, 0.1) is 0 Å². The number of nitrogens with two attached hydrogens (primary N) is 1. The van der Waals surface area contributed by atoms with Gasteiger partial charge in [0.25, 0.3) is 0 Å². The highest BCUT2D eigenvalue weighted by Crippen LogP contribution is 2.56. The molecule has 0 aliphatic heterocycles. The van der Waals surface area contributed by atoms with Gasteiger partial charge in [0.2, 0.25) is 0 Å². The van der Waals surface area contributed by atoms with E-state index >= 15 is 0 Å². The highest BCUT2D eigenvalue weighted by Gasteiger charge is 2.74. The van der Waals surface area contributed by atoms with Crippen molar-refractivity contribution in [2.75, 3.05) is 0 Å². The van der Waals surface area contributed by atoms with Crippen LogP contribution in [0.1, 0.15) is 6.92 Å². The first-order valence-electron chi connectivity index (χ1n) is 3.03. The molecule has 4 atom stereocenters. The van der Waals surface area contributed by atoms with Gasteiger partial charge in [-0.3, -0.25) is 0 Å². The maximum atomic E-state index is 10.5. The third kappa shape index (κ3) is 2.03. The van der Waals surface area contributed by atoms with Crippen LogP contribution in [0.3, 0.4) is 0 Å². The second kappa shape index (κ2) is 4.31. The summed E-state index contributed by atoms with van der Waals surface area (Å²) in [6, 6.07) is 0. The van der Waals surface area contributed by atoms with Gasteiger partial charge in [-0.05, 0) is 0 Å². The molecule has 0 spiro atoms. The van der Waals surface area contributed by atoms with Crippen molar-refractivity contribution in [3.63, 3.8) is 0 Å². The lowest BCUT2D eigenvalue weighted by Gasteiger charge is -2.20. The van der Waals surface area contributed by atoms with E-state index < -0.39 is 34.4 Å². The molecule has 0 fully saturated rings. The van der Waals surface area contributed by atoms with E-state index in [-0.39, 0.29) is 0 Å². The van der Waals surface area contributed by atoms with Crippen molar-refractivity contribution < 1.29 is 33.5 Å². The zero-order chi connectivity index (χ0) is 11.7. The van der Waals surface area contributed by atoms with E-state index in [9.17, 15) is 28.4 Å². The first-order valence-corrected chi connectivity index (χ1v) is 6.56. The maximum absolute atomic E-state index is 10.5. The molecule has 11 heteroatoms. The number of hydrogen-bond acceptors (Lipinski definition) is 8. The molecule has 0 aliphatic rings. The van der Waals surface area contributed by atoms with Crippen molar-refractivity contribution in [3.05, 3.63) is 0 Å². The molecule has 0 saturated carbocycles. The van der Waals surface area contributed by atoms with Gasteiger partial charge in [-0.2, -0.15) is 0 Å². The maximum Gasteiger partial charge on any atom is 0.466 e. The third-order valence-electron chi connectivity index (χ3n) is 1.61. The smallest absolute Gasteiger partial charge is 0.466 e. The number of hydrogen-bond donors (Lipinski definition) is 2. The van der Waals surface area contributed by atoms with Gasteiger partial charge >= 0.3 is 34.4 Å². The van der Waals surface area contributed by atoms with E-state index in [0.717, 1.165) is 0 Å². The van der Waals surface area contributed by atoms with Gasteiger partial charge in [0.05, 0.1) is 0 Å². The second-order valence-corrected chi connectivity index (χ2v) is 6.70. The van der Waals surface area contributed by atoms with Crippen LogP contribution in [0.25, 0.3) is 0 Å².